The van der Waals surface area contributed by atoms with Crippen LogP contribution in [-0.4, -0.2) is 39.1 Å². The molecule has 0 saturated carbocycles. The fraction of sp³-hybridized carbons (Fsp3) is 0.583. The monoisotopic (exact) mass is 250 g/mol. The van der Waals surface area contributed by atoms with Gasteiger partial charge in [0.2, 0.25) is 5.76 Å². The fourth-order valence-corrected chi connectivity index (χ4v) is 3.16. The molecule has 3 atom stereocenters. The quantitative estimate of drug-likeness (QED) is 0.848. The van der Waals surface area contributed by atoms with Crippen LogP contribution in [0, 0.1) is 12.8 Å². The minimum Gasteiger partial charge on any atom is -0.481 e. The molecule has 3 heterocycles. The Kier molecular flexibility index (Phi) is 2.39. The van der Waals surface area contributed by atoms with Crippen molar-refractivity contribution < 1.29 is 19.2 Å². The number of carboxylic acids is 1. The molecule has 6 nitrogen and oxygen atoms in total. The van der Waals surface area contributed by atoms with Gasteiger partial charge in [0.25, 0.3) is 5.91 Å². The first-order valence-electron chi connectivity index (χ1n) is 6.06. The van der Waals surface area contributed by atoms with Crippen LogP contribution in [0.2, 0.25) is 0 Å². The third-order valence-corrected chi connectivity index (χ3v) is 3.93. The highest BCUT2D eigenvalue weighted by Crippen LogP contribution is 2.42. The van der Waals surface area contributed by atoms with Crippen LogP contribution in [0.3, 0.4) is 0 Å². The molecule has 3 rings (SSSR count). The van der Waals surface area contributed by atoms with Gasteiger partial charge in [-0.1, -0.05) is 5.16 Å². The van der Waals surface area contributed by atoms with Gasteiger partial charge in [-0.25, -0.2) is 0 Å². The molecule has 2 aliphatic rings. The average molecular weight is 250 g/mol. The minimum absolute atomic E-state index is 0.0361. The summed E-state index contributed by atoms with van der Waals surface area (Å²) in [4.78, 5) is 25.1. The van der Waals surface area contributed by atoms with Crippen LogP contribution in [0.4, 0.5) is 0 Å². The number of carboxylic acid groups (broad SMARTS) is 1. The van der Waals surface area contributed by atoms with E-state index in [0.717, 1.165) is 12.8 Å². The van der Waals surface area contributed by atoms with Crippen molar-refractivity contribution in [3.05, 3.63) is 17.5 Å². The third kappa shape index (κ3) is 1.52. The van der Waals surface area contributed by atoms with E-state index in [9.17, 15) is 9.59 Å². The summed E-state index contributed by atoms with van der Waals surface area (Å²) in [6, 6.07) is 1.44. The normalized spacial score (nSPS) is 29.8. The summed E-state index contributed by atoms with van der Waals surface area (Å²) >= 11 is 0. The van der Waals surface area contributed by atoms with Gasteiger partial charge in [-0.05, 0) is 26.2 Å². The molecule has 1 aromatic rings. The predicted octanol–water partition coefficient (Wildman–Crippen LogP) is 1.06. The Morgan fingerprint density at radius 2 is 2.28 bits per heavy atom. The molecule has 2 fully saturated rings. The number of carbonyl (C=O) groups excluding carboxylic acids is 1. The zero-order valence-electron chi connectivity index (χ0n) is 10.00. The Labute approximate surface area is 104 Å². The van der Waals surface area contributed by atoms with Gasteiger partial charge in [0.1, 0.15) is 0 Å². The largest absolute Gasteiger partial charge is 0.481 e. The van der Waals surface area contributed by atoms with Gasteiger partial charge in [-0.2, -0.15) is 0 Å². The molecule has 1 amide bonds. The molecule has 0 aliphatic carbocycles. The van der Waals surface area contributed by atoms with Crippen molar-refractivity contribution in [1.82, 2.24) is 10.1 Å². The number of aryl methyl sites for hydroxylation is 1. The number of aliphatic carboxylic acids is 1. The highest BCUT2D eigenvalue weighted by Gasteiger charge is 2.51. The van der Waals surface area contributed by atoms with E-state index in [-0.39, 0.29) is 23.8 Å². The fourth-order valence-electron chi connectivity index (χ4n) is 3.16. The van der Waals surface area contributed by atoms with Gasteiger partial charge in [0.05, 0.1) is 11.6 Å². The first-order valence-corrected chi connectivity index (χ1v) is 6.06. The number of hydrogen-bond acceptors (Lipinski definition) is 4. The molecular weight excluding hydrogens is 236 g/mol. The van der Waals surface area contributed by atoms with Crippen LogP contribution in [0.1, 0.15) is 35.5 Å². The van der Waals surface area contributed by atoms with Gasteiger partial charge in [-0.3, -0.25) is 9.59 Å². The molecule has 1 aromatic heterocycles. The van der Waals surface area contributed by atoms with Crippen molar-refractivity contribution in [1.29, 1.82) is 0 Å². The summed E-state index contributed by atoms with van der Waals surface area (Å²) in [6.45, 7) is 1.75. The van der Waals surface area contributed by atoms with E-state index in [1.54, 1.807) is 17.9 Å². The lowest BCUT2D eigenvalue weighted by molar-refractivity contribution is -0.142. The zero-order valence-corrected chi connectivity index (χ0v) is 10.00. The summed E-state index contributed by atoms with van der Waals surface area (Å²) in [5, 5.41) is 12.8. The first kappa shape index (κ1) is 11.3. The second kappa shape index (κ2) is 3.83. The van der Waals surface area contributed by atoms with Crippen LogP contribution in [0.5, 0.6) is 0 Å². The molecular formula is C12H14N2O4. The van der Waals surface area contributed by atoms with E-state index >= 15 is 0 Å². The highest BCUT2D eigenvalue weighted by atomic mass is 16.5. The predicted molar refractivity (Wildman–Crippen MR) is 60.0 cm³/mol. The number of fused-ring (bicyclic) bond motifs is 2. The van der Waals surface area contributed by atoms with Gasteiger partial charge >= 0.3 is 5.97 Å². The number of rotatable bonds is 2. The van der Waals surface area contributed by atoms with E-state index in [1.165, 1.54) is 0 Å². The van der Waals surface area contributed by atoms with Crippen LogP contribution >= 0.6 is 0 Å². The summed E-state index contributed by atoms with van der Waals surface area (Å²) in [7, 11) is 0. The van der Waals surface area contributed by atoms with Crippen molar-refractivity contribution in [2.24, 2.45) is 5.92 Å². The maximum absolute atomic E-state index is 12.3. The second-order valence-electron chi connectivity index (χ2n) is 5.02. The molecule has 2 bridgehead atoms. The number of aromatic nitrogens is 1. The molecule has 2 saturated heterocycles. The Morgan fingerprint density at radius 3 is 2.83 bits per heavy atom. The maximum Gasteiger partial charge on any atom is 0.308 e. The van der Waals surface area contributed by atoms with E-state index in [2.05, 4.69) is 5.16 Å². The van der Waals surface area contributed by atoms with Gasteiger partial charge < -0.3 is 14.5 Å². The Bertz CT molecular complexity index is 510. The summed E-state index contributed by atoms with van der Waals surface area (Å²) in [5.74, 6) is -1.27. The van der Waals surface area contributed by atoms with E-state index in [4.69, 9.17) is 9.63 Å². The van der Waals surface area contributed by atoms with E-state index in [0.29, 0.717) is 12.1 Å². The van der Waals surface area contributed by atoms with Crippen LogP contribution in [0.15, 0.2) is 10.6 Å². The van der Waals surface area contributed by atoms with Crippen LogP contribution < -0.4 is 0 Å². The van der Waals surface area contributed by atoms with Gasteiger partial charge in [-0.15, -0.1) is 0 Å². The number of hydrogen-bond donors (Lipinski definition) is 1. The summed E-state index contributed by atoms with van der Waals surface area (Å²) in [5.41, 5.74) is 0.652. The molecule has 6 heteroatoms. The van der Waals surface area contributed by atoms with Crippen molar-refractivity contribution in [3.63, 3.8) is 0 Å². The van der Waals surface area contributed by atoms with Gasteiger partial charge in [0.15, 0.2) is 0 Å². The number of nitrogens with zero attached hydrogens (tertiary/aromatic N) is 2. The lowest BCUT2D eigenvalue weighted by Crippen LogP contribution is -2.37. The zero-order chi connectivity index (χ0) is 12.9. The topological polar surface area (TPSA) is 83.6 Å². The third-order valence-electron chi connectivity index (χ3n) is 3.93. The molecule has 1 N–H and O–H groups in total. The molecule has 3 unspecified atom stereocenters. The van der Waals surface area contributed by atoms with Crippen molar-refractivity contribution >= 4 is 11.9 Å². The Hall–Kier alpha value is -1.85. The maximum atomic E-state index is 12.3. The van der Waals surface area contributed by atoms with Crippen molar-refractivity contribution in [2.45, 2.75) is 38.3 Å². The summed E-state index contributed by atoms with van der Waals surface area (Å²) in [6.07, 6.45) is 2.20. The molecule has 2 aliphatic heterocycles. The van der Waals surface area contributed by atoms with E-state index in [1.807, 2.05) is 0 Å². The second-order valence-corrected chi connectivity index (χ2v) is 5.02. The lowest BCUT2D eigenvalue weighted by atomic mass is 9.89. The lowest BCUT2D eigenvalue weighted by Gasteiger charge is -2.21. The standard InChI is InChI=1S/C12H14N2O4/c1-6-4-10(18-13-6)11(15)14-7-2-3-9(14)8(5-7)12(16)17/h4,7-9H,2-3,5H2,1H3,(H,16,17). The number of carbonyl (C=O) groups is 2. The van der Waals surface area contributed by atoms with Crippen LogP contribution in [0.25, 0.3) is 0 Å². The molecule has 18 heavy (non-hydrogen) atoms. The van der Waals surface area contributed by atoms with E-state index < -0.39 is 11.9 Å². The van der Waals surface area contributed by atoms with Crippen molar-refractivity contribution in [3.8, 4) is 0 Å². The molecule has 0 spiro atoms. The Balaban J connectivity index is 1.85. The molecule has 0 radical (unpaired) electrons. The SMILES string of the molecule is Cc1cc(C(=O)N2C3CCC2C(C(=O)O)C3)on1. The highest BCUT2D eigenvalue weighted by molar-refractivity contribution is 5.93. The first-order chi connectivity index (χ1) is 8.58. The molecule has 96 valence electrons. The Morgan fingerprint density at radius 1 is 1.50 bits per heavy atom. The summed E-state index contributed by atoms with van der Waals surface area (Å²) < 4.78 is 4.97. The van der Waals surface area contributed by atoms with Crippen LogP contribution in [-0.2, 0) is 4.79 Å². The smallest absolute Gasteiger partial charge is 0.308 e. The van der Waals surface area contributed by atoms with Gasteiger partial charge in [0, 0.05) is 18.2 Å². The minimum atomic E-state index is -0.811. The van der Waals surface area contributed by atoms with Crippen molar-refractivity contribution in [2.75, 3.05) is 0 Å². The number of amides is 1. The average Bonchev–Trinajstić information content (AvgIpc) is 3.01. The molecule has 0 aromatic carbocycles.